The summed E-state index contributed by atoms with van der Waals surface area (Å²) in [6.45, 7) is 3.28. The van der Waals surface area contributed by atoms with E-state index < -0.39 is 0 Å². The van der Waals surface area contributed by atoms with Crippen molar-refractivity contribution in [2.75, 3.05) is 18.0 Å². The molecule has 2 rings (SSSR count). The number of hydrogen-bond acceptors (Lipinski definition) is 4. The van der Waals surface area contributed by atoms with Gasteiger partial charge < -0.3 is 10.6 Å². The van der Waals surface area contributed by atoms with Gasteiger partial charge in [-0.25, -0.2) is 4.39 Å². The second kappa shape index (κ2) is 6.24. The molecule has 1 heterocycles. The summed E-state index contributed by atoms with van der Waals surface area (Å²) in [6, 6.07) is 8.29. The van der Waals surface area contributed by atoms with E-state index in [0.717, 1.165) is 30.0 Å². The van der Waals surface area contributed by atoms with Gasteiger partial charge in [-0.3, -0.25) is 0 Å². The number of hydrogen-bond donors (Lipinski definition) is 1. The fraction of sp³-hybridized carbons (Fsp3) is 0.286. The summed E-state index contributed by atoms with van der Waals surface area (Å²) in [4.78, 5) is 1.99. The van der Waals surface area contributed by atoms with Gasteiger partial charge in [0.25, 0.3) is 0 Å². The van der Waals surface area contributed by atoms with Crippen LogP contribution in [0.15, 0.2) is 36.5 Å². The highest BCUT2D eigenvalue weighted by Crippen LogP contribution is 2.23. The fourth-order valence-corrected chi connectivity index (χ4v) is 1.83. The maximum Gasteiger partial charge on any atom is 0.155 e. The van der Waals surface area contributed by atoms with Gasteiger partial charge in [-0.05, 0) is 55.8 Å². The first kappa shape index (κ1) is 13.4. The Balaban J connectivity index is 2.32. The average Bonchev–Trinajstić information content (AvgIpc) is 2.41. The Morgan fingerprint density at radius 1 is 1.26 bits per heavy atom. The summed E-state index contributed by atoms with van der Waals surface area (Å²) in [6.07, 6.45) is 2.53. The van der Waals surface area contributed by atoms with Crippen LogP contribution in [0.25, 0.3) is 0 Å². The summed E-state index contributed by atoms with van der Waals surface area (Å²) in [5.41, 5.74) is 7.48. The quantitative estimate of drug-likeness (QED) is 0.897. The van der Waals surface area contributed by atoms with Gasteiger partial charge in [0.15, 0.2) is 5.82 Å². The van der Waals surface area contributed by atoms with E-state index in [4.69, 9.17) is 5.73 Å². The minimum absolute atomic E-state index is 0.252. The van der Waals surface area contributed by atoms with Crippen LogP contribution in [0.5, 0.6) is 0 Å². The van der Waals surface area contributed by atoms with Gasteiger partial charge in [0.05, 0.1) is 6.20 Å². The number of aromatic nitrogens is 2. The third-order valence-electron chi connectivity index (χ3n) is 2.78. The lowest BCUT2D eigenvalue weighted by Crippen LogP contribution is -2.22. The maximum absolute atomic E-state index is 13.0. The number of benzene rings is 1. The number of halogens is 1. The Kier molecular flexibility index (Phi) is 4.41. The monoisotopic (exact) mass is 260 g/mol. The normalized spacial score (nSPS) is 10.5. The number of aryl methyl sites for hydroxylation is 1. The molecule has 19 heavy (non-hydrogen) atoms. The number of anilines is 2. The van der Waals surface area contributed by atoms with Gasteiger partial charge in [-0.2, -0.15) is 5.10 Å². The molecular weight excluding hydrogens is 243 g/mol. The van der Waals surface area contributed by atoms with Crippen LogP contribution in [0.4, 0.5) is 15.9 Å². The molecule has 0 aliphatic heterocycles. The van der Waals surface area contributed by atoms with Crippen LogP contribution in [0.1, 0.15) is 12.0 Å². The van der Waals surface area contributed by atoms with Crippen LogP contribution in [0.3, 0.4) is 0 Å². The molecule has 0 unspecified atom stereocenters. The molecule has 100 valence electrons. The minimum atomic E-state index is -0.252. The molecule has 4 nitrogen and oxygen atoms in total. The molecule has 1 aromatic carbocycles. The van der Waals surface area contributed by atoms with Crippen molar-refractivity contribution >= 4 is 11.5 Å². The zero-order valence-corrected chi connectivity index (χ0v) is 10.9. The van der Waals surface area contributed by atoms with Gasteiger partial charge >= 0.3 is 0 Å². The molecule has 0 aliphatic carbocycles. The second-order valence-corrected chi connectivity index (χ2v) is 4.36. The second-order valence-electron chi connectivity index (χ2n) is 4.36. The Labute approximate surface area is 112 Å². The van der Waals surface area contributed by atoms with Crippen LogP contribution in [-0.2, 0) is 0 Å². The van der Waals surface area contributed by atoms with Crippen molar-refractivity contribution in [3.8, 4) is 0 Å². The third kappa shape index (κ3) is 3.48. The number of nitrogens with zero attached hydrogens (tertiary/aromatic N) is 3. The predicted molar refractivity (Wildman–Crippen MR) is 73.8 cm³/mol. The van der Waals surface area contributed by atoms with E-state index in [9.17, 15) is 4.39 Å². The highest BCUT2D eigenvalue weighted by molar-refractivity contribution is 5.59. The van der Waals surface area contributed by atoms with E-state index in [2.05, 4.69) is 10.2 Å². The van der Waals surface area contributed by atoms with Gasteiger partial charge in [0.1, 0.15) is 5.82 Å². The number of rotatable bonds is 5. The standard InChI is InChI=1S/C14H17FN4/c1-11-9-14(18-17-10-11)19(8-2-7-16)13-5-3-12(15)4-6-13/h3-6,9-10H,2,7-8,16H2,1H3. The molecule has 0 radical (unpaired) electrons. The van der Waals surface area contributed by atoms with Crippen molar-refractivity contribution < 1.29 is 4.39 Å². The lowest BCUT2D eigenvalue weighted by atomic mass is 10.2. The van der Waals surface area contributed by atoms with Gasteiger partial charge in [0, 0.05) is 12.2 Å². The lowest BCUT2D eigenvalue weighted by molar-refractivity contribution is 0.627. The van der Waals surface area contributed by atoms with E-state index in [1.165, 1.54) is 12.1 Å². The molecule has 0 atom stereocenters. The van der Waals surface area contributed by atoms with Crippen molar-refractivity contribution in [2.24, 2.45) is 5.73 Å². The van der Waals surface area contributed by atoms with E-state index in [1.807, 2.05) is 17.9 Å². The number of nitrogens with two attached hydrogens (primary N) is 1. The topological polar surface area (TPSA) is 55.0 Å². The molecular formula is C14H17FN4. The summed E-state index contributed by atoms with van der Waals surface area (Å²) >= 11 is 0. The SMILES string of the molecule is Cc1cnnc(N(CCCN)c2ccc(F)cc2)c1. The first-order chi connectivity index (χ1) is 9.20. The molecule has 2 aromatic rings. The summed E-state index contributed by atoms with van der Waals surface area (Å²) in [7, 11) is 0. The van der Waals surface area contributed by atoms with E-state index >= 15 is 0 Å². The van der Waals surface area contributed by atoms with Crippen molar-refractivity contribution in [1.82, 2.24) is 10.2 Å². The molecule has 0 aliphatic rings. The molecule has 0 fully saturated rings. The predicted octanol–water partition coefficient (Wildman–Crippen LogP) is 2.41. The Morgan fingerprint density at radius 2 is 2.00 bits per heavy atom. The summed E-state index contributed by atoms with van der Waals surface area (Å²) < 4.78 is 13.0. The highest BCUT2D eigenvalue weighted by atomic mass is 19.1. The van der Waals surface area contributed by atoms with Crippen molar-refractivity contribution in [3.05, 3.63) is 47.9 Å². The average molecular weight is 260 g/mol. The van der Waals surface area contributed by atoms with E-state index in [0.29, 0.717) is 6.54 Å². The van der Waals surface area contributed by atoms with Crippen molar-refractivity contribution in [2.45, 2.75) is 13.3 Å². The first-order valence-electron chi connectivity index (χ1n) is 6.23. The molecule has 0 saturated carbocycles. The fourth-order valence-electron chi connectivity index (χ4n) is 1.83. The van der Waals surface area contributed by atoms with E-state index in [-0.39, 0.29) is 5.82 Å². The van der Waals surface area contributed by atoms with Gasteiger partial charge in [0.2, 0.25) is 0 Å². The van der Waals surface area contributed by atoms with Gasteiger partial charge in [-0.15, -0.1) is 5.10 Å². The Hall–Kier alpha value is -2.01. The Bertz CT molecular complexity index is 527. The maximum atomic E-state index is 13.0. The zero-order chi connectivity index (χ0) is 13.7. The zero-order valence-electron chi connectivity index (χ0n) is 10.9. The largest absolute Gasteiger partial charge is 0.330 e. The molecule has 1 aromatic heterocycles. The molecule has 0 saturated heterocycles. The van der Waals surface area contributed by atoms with Crippen molar-refractivity contribution in [3.63, 3.8) is 0 Å². The smallest absolute Gasteiger partial charge is 0.155 e. The molecule has 0 amide bonds. The highest BCUT2D eigenvalue weighted by Gasteiger charge is 2.11. The third-order valence-corrected chi connectivity index (χ3v) is 2.78. The molecule has 2 N–H and O–H groups in total. The summed E-state index contributed by atoms with van der Waals surface area (Å²) in [5.74, 6) is 0.498. The van der Waals surface area contributed by atoms with Crippen LogP contribution in [0, 0.1) is 12.7 Å². The van der Waals surface area contributed by atoms with E-state index in [1.54, 1.807) is 18.3 Å². The molecule has 0 spiro atoms. The van der Waals surface area contributed by atoms with Crippen LogP contribution < -0.4 is 10.6 Å². The Morgan fingerprint density at radius 3 is 2.63 bits per heavy atom. The first-order valence-corrected chi connectivity index (χ1v) is 6.23. The molecule has 5 heteroatoms. The van der Waals surface area contributed by atoms with Crippen LogP contribution in [0.2, 0.25) is 0 Å². The van der Waals surface area contributed by atoms with Crippen LogP contribution >= 0.6 is 0 Å². The van der Waals surface area contributed by atoms with Gasteiger partial charge in [-0.1, -0.05) is 0 Å². The molecule has 0 bridgehead atoms. The minimum Gasteiger partial charge on any atom is -0.330 e. The van der Waals surface area contributed by atoms with Crippen LogP contribution in [-0.4, -0.2) is 23.3 Å². The van der Waals surface area contributed by atoms with Crippen molar-refractivity contribution in [1.29, 1.82) is 0 Å². The summed E-state index contributed by atoms with van der Waals surface area (Å²) in [5, 5.41) is 8.09. The lowest BCUT2D eigenvalue weighted by Gasteiger charge is -2.23.